The summed E-state index contributed by atoms with van der Waals surface area (Å²) in [6.45, 7) is 2.03. The van der Waals surface area contributed by atoms with Crippen LogP contribution in [0.2, 0.25) is 0 Å². The van der Waals surface area contributed by atoms with Crippen LogP contribution in [0.1, 0.15) is 16.1 Å². The number of aryl methyl sites for hydroxylation is 1. The molecule has 9 heteroatoms. The van der Waals surface area contributed by atoms with Gasteiger partial charge in [-0.15, -0.1) is 0 Å². The summed E-state index contributed by atoms with van der Waals surface area (Å²) in [6.07, 6.45) is -1.07. The number of hydrogen-bond acceptors (Lipinski definition) is 6. The number of morpholine rings is 1. The van der Waals surface area contributed by atoms with Gasteiger partial charge in [0.25, 0.3) is 11.6 Å². The van der Waals surface area contributed by atoms with E-state index in [1.54, 1.807) is 25.1 Å². The molecule has 1 amide bonds. The number of hydrogen-bond donors (Lipinski definition) is 1. The summed E-state index contributed by atoms with van der Waals surface area (Å²) in [4.78, 5) is 30.2. The van der Waals surface area contributed by atoms with Gasteiger partial charge in [-0.1, -0.05) is 5.16 Å². The van der Waals surface area contributed by atoms with E-state index in [4.69, 9.17) is 9.26 Å². The molecule has 1 saturated heterocycles. The normalized spacial score (nSPS) is 17.1. The smallest absolute Gasteiger partial charge is 0.334 e. The van der Waals surface area contributed by atoms with E-state index in [-0.39, 0.29) is 37.1 Å². The molecule has 1 aliphatic heterocycles. The molecule has 1 aliphatic rings. The summed E-state index contributed by atoms with van der Waals surface area (Å²) >= 11 is 0. The molecule has 0 aliphatic carbocycles. The van der Waals surface area contributed by atoms with Gasteiger partial charge in [0.05, 0.1) is 35.5 Å². The molecule has 0 saturated carbocycles. The summed E-state index contributed by atoms with van der Waals surface area (Å²) in [5, 5.41) is 13.5. The van der Waals surface area contributed by atoms with Crippen LogP contribution in [0.3, 0.4) is 0 Å². The van der Waals surface area contributed by atoms with Crippen LogP contribution in [0.15, 0.2) is 34.9 Å². The van der Waals surface area contributed by atoms with Crippen molar-refractivity contribution < 1.29 is 28.3 Å². The van der Waals surface area contributed by atoms with E-state index in [2.05, 4.69) is 10.1 Å². The molecule has 8 nitrogen and oxygen atoms in total. The lowest BCUT2D eigenvalue weighted by Gasteiger charge is -2.31. The van der Waals surface area contributed by atoms with E-state index in [0.717, 1.165) is 0 Å². The number of fused-ring (bicyclic) bond motifs is 1. The zero-order valence-electron chi connectivity index (χ0n) is 14.9. The molecule has 2 aromatic heterocycles. The zero-order valence-corrected chi connectivity index (χ0v) is 14.9. The van der Waals surface area contributed by atoms with Crippen molar-refractivity contribution in [2.24, 2.45) is 0 Å². The maximum atomic E-state index is 13.2. The Morgan fingerprint density at radius 3 is 2.75 bits per heavy atom. The second-order valence-corrected chi connectivity index (χ2v) is 6.46. The van der Waals surface area contributed by atoms with Gasteiger partial charge in [0.15, 0.2) is 6.10 Å². The minimum absolute atomic E-state index is 0.0613. The predicted molar refractivity (Wildman–Crippen MR) is 95.2 cm³/mol. The number of carboxylic acid groups (broad SMARTS) is 1. The number of amides is 1. The number of aromatic nitrogens is 2. The maximum Gasteiger partial charge on any atom is 0.334 e. The number of carboxylic acids is 1. The van der Waals surface area contributed by atoms with E-state index in [1.807, 2.05) is 0 Å². The van der Waals surface area contributed by atoms with Crippen molar-refractivity contribution in [2.45, 2.75) is 13.0 Å². The molecule has 1 fully saturated rings. The summed E-state index contributed by atoms with van der Waals surface area (Å²) in [5.41, 5.74) is 2.02. The topological polar surface area (TPSA) is 106 Å². The number of benzene rings is 1. The van der Waals surface area contributed by atoms with Gasteiger partial charge in [-0.2, -0.15) is 0 Å². The molecule has 1 aromatic carbocycles. The van der Waals surface area contributed by atoms with Crippen LogP contribution in [-0.4, -0.2) is 57.8 Å². The SMILES string of the molecule is Cc1noc2nc(-c3ccc(F)cc3)cc(C(=O)N3CCO[C@H](C(=O)O)C3)c12. The van der Waals surface area contributed by atoms with Gasteiger partial charge in [-0.25, -0.2) is 14.2 Å². The minimum atomic E-state index is -1.12. The lowest BCUT2D eigenvalue weighted by Crippen LogP contribution is -2.48. The average Bonchev–Trinajstić information content (AvgIpc) is 3.08. The standard InChI is InChI=1S/C19H16FN3O5/c1-10-16-13(18(24)23-6-7-27-15(9-23)19(25)26)8-14(21-17(16)28-22-10)11-2-4-12(20)5-3-11/h2-5,8,15H,6-7,9H2,1H3,(H,25,26)/t15-/m0/s1. The highest BCUT2D eigenvalue weighted by Gasteiger charge is 2.31. The minimum Gasteiger partial charge on any atom is -0.479 e. The quantitative estimate of drug-likeness (QED) is 0.737. The van der Waals surface area contributed by atoms with Crippen molar-refractivity contribution in [1.82, 2.24) is 15.0 Å². The number of pyridine rings is 1. The Morgan fingerprint density at radius 2 is 2.04 bits per heavy atom. The van der Waals surface area contributed by atoms with Gasteiger partial charge in [0.1, 0.15) is 5.82 Å². The van der Waals surface area contributed by atoms with E-state index in [0.29, 0.717) is 27.9 Å². The third kappa shape index (κ3) is 3.20. The lowest BCUT2D eigenvalue weighted by molar-refractivity contribution is -0.154. The number of carbonyl (C=O) groups excluding carboxylic acids is 1. The number of ether oxygens (including phenoxy) is 1. The fraction of sp³-hybridized carbons (Fsp3) is 0.263. The van der Waals surface area contributed by atoms with Crippen LogP contribution < -0.4 is 0 Å². The predicted octanol–water partition coefficient (Wildman–Crippen LogP) is 2.26. The number of carbonyl (C=O) groups is 2. The van der Waals surface area contributed by atoms with Gasteiger partial charge in [0.2, 0.25) is 0 Å². The van der Waals surface area contributed by atoms with Crippen LogP contribution in [-0.2, 0) is 9.53 Å². The Morgan fingerprint density at radius 1 is 1.29 bits per heavy atom. The molecule has 0 radical (unpaired) electrons. The third-order valence-electron chi connectivity index (χ3n) is 4.62. The number of aliphatic carboxylic acids is 1. The van der Waals surface area contributed by atoms with Gasteiger partial charge in [-0.05, 0) is 37.3 Å². The fourth-order valence-electron chi connectivity index (χ4n) is 3.19. The van der Waals surface area contributed by atoms with E-state index in [1.165, 1.54) is 17.0 Å². The fourth-order valence-corrected chi connectivity index (χ4v) is 3.19. The van der Waals surface area contributed by atoms with Gasteiger partial charge >= 0.3 is 5.97 Å². The first-order chi connectivity index (χ1) is 13.4. The van der Waals surface area contributed by atoms with Crippen molar-refractivity contribution in [2.75, 3.05) is 19.7 Å². The first-order valence-corrected chi connectivity index (χ1v) is 8.60. The molecule has 0 unspecified atom stereocenters. The van der Waals surface area contributed by atoms with Crippen LogP contribution in [0.4, 0.5) is 4.39 Å². The van der Waals surface area contributed by atoms with Gasteiger partial charge in [-0.3, -0.25) is 4.79 Å². The Hall–Kier alpha value is -3.33. The summed E-state index contributed by atoms with van der Waals surface area (Å²) < 4.78 is 23.7. The van der Waals surface area contributed by atoms with E-state index in [9.17, 15) is 19.1 Å². The summed E-state index contributed by atoms with van der Waals surface area (Å²) in [7, 11) is 0. The molecule has 0 spiro atoms. The highest BCUT2D eigenvalue weighted by molar-refractivity contribution is 6.07. The van der Waals surface area contributed by atoms with E-state index >= 15 is 0 Å². The Balaban J connectivity index is 1.78. The Kier molecular flexibility index (Phi) is 4.52. The third-order valence-corrected chi connectivity index (χ3v) is 4.62. The molecule has 0 bridgehead atoms. The molecule has 4 rings (SSSR count). The van der Waals surface area contributed by atoms with Crippen molar-refractivity contribution in [3.63, 3.8) is 0 Å². The van der Waals surface area contributed by atoms with E-state index < -0.39 is 12.1 Å². The van der Waals surface area contributed by atoms with Crippen molar-refractivity contribution in [3.8, 4) is 11.3 Å². The van der Waals surface area contributed by atoms with Gasteiger partial charge in [0, 0.05) is 12.1 Å². The molecule has 3 aromatic rings. The monoisotopic (exact) mass is 385 g/mol. The molecule has 144 valence electrons. The maximum absolute atomic E-state index is 13.2. The highest BCUT2D eigenvalue weighted by atomic mass is 19.1. The first kappa shape index (κ1) is 18.1. The van der Waals surface area contributed by atoms with Crippen molar-refractivity contribution in [3.05, 3.63) is 47.4 Å². The average molecular weight is 385 g/mol. The van der Waals surface area contributed by atoms with Crippen LogP contribution >= 0.6 is 0 Å². The van der Waals surface area contributed by atoms with Crippen molar-refractivity contribution in [1.29, 1.82) is 0 Å². The van der Waals surface area contributed by atoms with Crippen LogP contribution in [0.25, 0.3) is 22.4 Å². The zero-order chi connectivity index (χ0) is 19.8. The highest BCUT2D eigenvalue weighted by Crippen LogP contribution is 2.28. The molecule has 3 heterocycles. The summed E-state index contributed by atoms with van der Waals surface area (Å²) in [5.74, 6) is -1.87. The molecule has 1 atom stereocenters. The first-order valence-electron chi connectivity index (χ1n) is 8.60. The number of halogens is 1. The molecule has 28 heavy (non-hydrogen) atoms. The lowest BCUT2D eigenvalue weighted by atomic mass is 10.0. The second kappa shape index (κ2) is 7.01. The number of rotatable bonds is 3. The van der Waals surface area contributed by atoms with Crippen LogP contribution in [0, 0.1) is 12.7 Å². The Bertz CT molecular complexity index is 1060. The number of nitrogens with zero attached hydrogens (tertiary/aromatic N) is 3. The molecular formula is C19H16FN3O5. The summed E-state index contributed by atoms with van der Waals surface area (Å²) in [6, 6.07) is 7.29. The largest absolute Gasteiger partial charge is 0.479 e. The van der Waals surface area contributed by atoms with Crippen molar-refractivity contribution >= 4 is 23.0 Å². The van der Waals surface area contributed by atoms with Gasteiger partial charge < -0.3 is 19.3 Å². The molecular weight excluding hydrogens is 369 g/mol. The second-order valence-electron chi connectivity index (χ2n) is 6.46. The molecule has 1 N–H and O–H groups in total. The Labute approximate surface area is 158 Å². The van der Waals surface area contributed by atoms with Crippen LogP contribution in [0.5, 0.6) is 0 Å².